The van der Waals surface area contributed by atoms with Crippen LogP contribution in [0.3, 0.4) is 0 Å². The Bertz CT molecular complexity index is 1430. The predicted molar refractivity (Wildman–Crippen MR) is 132 cm³/mol. The van der Waals surface area contributed by atoms with Crippen molar-refractivity contribution >= 4 is 22.9 Å². The molecule has 176 valence electrons. The van der Waals surface area contributed by atoms with Gasteiger partial charge in [-0.1, -0.05) is 11.6 Å². The average molecular weight is 498 g/mol. The topological polar surface area (TPSA) is 103 Å². The van der Waals surface area contributed by atoms with Gasteiger partial charge in [0.05, 0.1) is 27.8 Å². The van der Waals surface area contributed by atoms with Gasteiger partial charge in [0.1, 0.15) is 23.0 Å². The van der Waals surface area contributed by atoms with Crippen LogP contribution in [0.1, 0.15) is 41.8 Å². The first kappa shape index (κ1) is 24.0. The third kappa shape index (κ3) is 4.86. The summed E-state index contributed by atoms with van der Waals surface area (Å²) in [5.74, 6) is 0.596. The van der Waals surface area contributed by atoms with Crippen molar-refractivity contribution < 1.29 is 9.84 Å². The molecular formula is C24H24ClN5O3S. The summed E-state index contributed by atoms with van der Waals surface area (Å²) in [5, 5.41) is 13.1. The molecule has 0 unspecified atom stereocenters. The molecule has 1 N–H and O–H groups in total. The summed E-state index contributed by atoms with van der Waals surface area (Å²) in [7, 11) is 0. The number of ether oxygens (including phenoxy) is 1. The molecule has 4 rings (SSSR count). The minimum atomic E-state index is -1.19. The van der Waals surface area contributed by atoms with Gasteiger partial charge in [-0.2, -0.15) is 0 Å². The normalized spacial score (nSPS) is 11.6. The van der Waals surface area contributed by atoms with E-state index in [0.717, 1.165) is 10.7 Å². The summed E-state index contributed by atoms with van der Waals surface area (Å²) in [4.78, 5) is 30.7. The van der Waals surface area contributed by atoms with Crippen molar-refractivity contribution in [3.05, 3.63) is 79.3 Å². The van der Waals surface area contributed by atoms with Crippen molar-refractivity contribution in [2.45, 2.75) is 46.8 Å². The fourth-order valence-corrected chi connectivity index (χ4v) is 4.21. The van der Waals surface area contributed by atoms with Gasteiger partial charge in [-0.3, -0.25) is 14.3 Å². The van der Waals surface area contributed by atoms with Crippen molar-refractivity contribution in [3.8, 4) is 22.7 Å². The molecule has 0 aliphatic rings. The van der Waals surface area contributed by atoms with Gasteiger partial charge in [0, 0.05) is 35.1 Å². The Kier molecular flexibility index (Phi) is 6.53. The largest absolute Gasteiger partial charge is 0.485 e. The third-order valence-corrected chi connectivity index (χ3v) is 6.31. The Labute approximate surface area is 205 Å². The van der Waals surface area contributed by atoms with E-state index in [1.807, 2.05) is 25.3 Å². The maximum absolute atomic E-state index is 13.3. The van der Waals surface area contributed by atoms with Crippen molar-refractivity contribution in [1.82, 2.24) is 24.5 Å². The van der Waals surface area contributed by atoms with Gasteiger partial charge in [0.15, 0.2) is 5.82 Å². The molecule has 0 aromatic carbocycles. The summed E-state index contributed by atoms with van der Waals surface area (Å²) in [6, 6.07) is 5.28. The molecule has 0 radical (unpaired) electrons. The molecule has 0 aliphatic heterocycles. The second kappa shape index (κ2) is 9.25. The van der Waals surface area contributed by atoms with Crippen molar-refractivity contribution in [2.75, 3.05) is 0 Å². The minimum Gasteiger partial charge on any atom is -0.485 e. The lowest BCUT2D eigenvalue weighted by Gasteiger charge is -2.17. The molecule has 0 aliphatic carbocycles. The maximum atomic E-state index is 13.3. The first-order chi connectivity index (χ1) is 16.0. The fourth-order valence-electron chi connectivity index (χ4n) is 3.41. The number of nitrogens with zero attached hydrogens (tertiary/aromatic N) is 5. The van der Waals surface area contributed by atoms with E-state index in [4.69, 9.17) is 16.3 Å². The molecule has 0 saturated carbocycles. The molecule has 4 heterocycles. The van der Waals surface area contributed by atoms with E-state index >= 15 is 0 Å². The zero-order chi connectivity index (χ0) is 24.6. The quantitative estimate of drug-likeness (QED) is 0.417. The van der Waals surface area contributed by atoms with Crippen LogP contribution in [0.4, 0.5) is 0 Å². The number of pyridine rings is 2. The first-order valence-electron chi connectivity index (χ1n) is 10.5. The predicted octanol–water partition coefficient (Wildman–Crippen LogP) is 4.53. The molecule has 4 aromatic heterocycles. The van der Waals surface area contributed by atoms with Crippen LogP contribution in [-0.2, 0) is 12.2 Å². The molecule has 8 nitrogen and oxygen atoms in total. The second-order valence-corrected chi connectivity index (χ2v) is 9.84. The second-order valence-electron chi connectivity index (χ2n) is 8.40. The number of aromatic nitrogens is 5. The van der Waals surface area contributed by atoms with Crippen LogP contribution >= 0.6 is 22.9 Å². The molecule has 0 atom stereocenters. The average Bonchev–Trinajstić information content (AvgIpc) is 3.21. The van der Waals surface area contributed by atoms with Gasteiger partial charge in [-0.05, 0) is 46.8 Å². The molecule has 0 fully saturated rings. The number of halogens is 1. The highest BCUT2D eigenvalue weighted by Crippen LogP contribution is 2.28. The molecule has 0 spiro atoms. The van der Waals surface area contributed by atoms with E-state index in [-0.39, 0.29) is 11.6 Å². The van der Waals surface area contributed by atoms with Gasteiger partial charge >= 0.3 is 0 Å². The number of hydrogen-bond donors (Lipinski definition) is 1. The van der Waals surface area contributed by atoms with E-state index in [2.05, 4.69) is 19.9 Å². The summed E-state index contributed by atoms with van der Waals surface area (Å²) in [6.45, 7) is 9.01. The Hall–Kier alpha value is -3.14. The Morgan fingerprint density at radius 2 is 1.94 bits per heavy atom. The first-order valence-corrected chi connectivity index (χ1v) is 11.8. The Morgan fingerprint density at radius 3 is 2.62 bits per heavy atom. The maximum Gasteiger partial charge on any atom is 0.277 e. The monoisotopic (exact) mass is 497 g/mol. The molecule has 0 bridgehead atoms. The standard InChI is InChI=1S/C24H24ClN5O3S/c1-13-8-20(33-11-17-12-34-15(3)28-17)21(25)22(31)30(13)19-9-16(10-27-14(19)2)18-6-7-26-23(29-18)24(4,5)32/h6-10,12,32H,11H2,1-5H3. The van der Waals surface area contributed by atoms with Crippen LogP contribution < -0.4 is 10.3 Å². The molecular weight excluding hydrogens is 474 g/mol. The van der Waals surface area contributed by atoms with Gasteiger partial charge in [0.25, 0.3) is 5.56 Å². The summed E-state index contributed by atoms with van der Waals surface area (Å²) >= 11 is 7.96. The van der Waals surface area contributed by atoms with Crippen molar-refractivity contribution in [3.63, 3.8) is 0 Å². The summed E-state index contributed by atoms with van der Waals surface area (Å²) < 4.78 is 7.31. The Balaban J connectivity index is 1.73. The number of aryl methyl sites for hydroxylation is 3. The highest BCUT2D eigenvalue weighted by Gasteiger charge is 2.21. The highest BCUT2D eigenvalue weighted by molar-refractivity contribution is 7.09. The van der Waals surface area contributed by atoms with Gasteiger partial charge < -0.3 is 9.84 Å². The molecule has 0 saturated heterocycles. The molecule has 10 heteroatoms. The lowest BCUT2D eigenvalue weighted by Crippen LogP contribution is -2.23. The minimum absolute atomic E-state index is 0.0197. The van der Waals surface area contributed by atoms with E-state index in [0.29, 0.717) is 39.9 Å². The van der Waals surface area contributed by atoms with Crippen LogP contribution in [-0.4, -0.2) is 29.6 Å². The lowest BCUT2D eigenvalue weighted by atomic mass is 10.1. The number of hydrogen-bond acceptors (Lipinski definition) is 8. The van der Waals surface area contributed by atoms with Crippen molar-refractivity contribution in [2.24, 2.45) is 0 Å². The van der Waals surface area contributed by atoms with E-state index in [1.165, 1.54) is 15.9 Å². The molecule has 0 amide bonds. The zero-order valence-corrected chi connectivity index (χ0v) is 21.0. The third-order valence-electron chi connectivity index (χ3n) is 5.14. The number of aliphatic hydroxyl groups is 1. The van der Waals surface area contributed by atoms with E-state index in [9.17, 15) is 9.90 Å². The van der Waals surface area contributed by atoms with E-state index < -0.39 is 11.2 Å². The van der Waals surface area contributed by atoms with Crippen LogP contribution in [0, 0.1) is 20.8 Å². The molecule has 4 aromatic rings. The molecule has 34 heavy (non-hydrogen) atoms. The van der Waals surface area contributed by atoms with Gasteiger partial charge in [-0.25, -0.2) is 15.0 Å². The summed E-state index contributed by atoms with van der Waals surface area (Å²) in [5.41, 5.74) is 2.30. The summed E-state index contributed by atoms with van der Waals surface area (Å²) in [6.07, 6.45) is 3.25. The van der Waals surface area contributed by atoms with E-state index in [1.54, 1.807) is 45.3 Å². The van der Waals surface area contributed by atoms with Crippen LogP contribution in [0.5, 0.6) is 5.75 Å². The highest BCUT2D eigenvalue weighted by atomic mass is 35.5. The lowest BCUT2D eigenvalue weighted by molar-refractivity contribution is 0.0688. The van der Waals surface area contributed by atoms with Crippen LogP contribution in [0.2, 0.25) is 5.02 Å². The number of thiazole rings is 1. The van der Waals surface area contributed by atoms with Crippen LogP contribution in [0.25, 0.3) is 16.9 Å². The van der Waals surface area contributed by atoms with Crippen LogP contribution in [0.15, 0.2) is 40.8 Å². The smallest absolute Gasteiger partial charge is 0.277 e. The SMILES string of the molecule is Cc1nc(COc2cc(C)n(-c3cc(-c4ccnc(C(C)(C)O)n4)cnc3C)c(=O)c2Cl)cs1. The van der Waals surface area contributed by atoms with Crippen molar-refractivity contribution in [1.29, 1.82) is 0 Å². The zero-order valence-electron chi connectivity index (χ0n) is 19.5. The van der Waals surface area contributed by atoms with Gasteiger partial charge in [-0.15, -0.1) is 11.3 Å². The fraction of sp³-hybridized carbons (Fsp3) is 0.292. The number of rotatable bonds is 6. The van der Waals surface area contributed by atoms with Gasteiger partial charge in [0.2, 0.25) is 0 Å². The Morgan fingerprint density at radius 1 is 1.18 bits per heavy atom.